The Kier molecular flexibility index (Phi) is 4.53. The third-order valence-electron chi connectivity index (χ3n) is 4.13. The van der Waals surface area contributed by atoms with Gasteiger partial charge in [0.25, 0.3) is 0 Å². The van der Waals surface area contributed by atoms with Crippen molar-refractivity contribution in [2.24, 2.45) is 0 Å². The first kappa shape index (κ1) is 16.8. The zero-order valence-corrected chi connectivity index (χ0v) is 14.4. The van der Waals surface area contributed by atoms with E-state index in [1.165, 1.54) is 12.1 Å². The maximum absolute atomic E-state index is 13.1. The highest BCUT2D eigenvalue weighted by Crippen LogP contribution is 2.27. The lowest BCUT2D eigenvalue weighted by molar-refractivity contribution is 0.477. The first-order valence-corrected chi connectivity index (χ1v) is 8.49. The molecule has 4 aromatic rings. The van der Waals surface area contributed by atoms with E-state index in [2.05, 4.69) is 20.6 Å². The number of anilines is 3. The lowest BCUT2D eigenvalue weighted by Gasteiger charge is -2.12. The standard InChI is InChI=1S/C21H17FN4O/c22-15-11-9-14(10-12-15)13-23-20-16-5-1-2-6-17(16)24-21(26-20)25-18-7-3-4-8-19(18)27/h1-12,27H,13H2,(H2,23,24,25,26). The van der Waals surface area contributed by atoms with Crippen molar-refractivity contribution in [3.05, 3.63) is 84.2 Å². The van der Waals surface area contributed by atoms with Gasteiger partial charge in [0.2, 0.25) is 5.95 Å². The Labute approximate surface area is 155 Å². The van der Waals surface area contributed by atoms with E-state index in [4.69, 9.17) is 0 Å². The van der Waals surface area contributed by atoms with Crippen LogP contribution < -0.4 is 10.6 Å². The van der Waals surface area contributed by atoms with Gasteiger partial charge in [0, 0.05) is 11.9 Å². The summed E-state index contributed by atoms with van der Waals surface area (Å²) in [5.41, 5.74) is 2.23. The molecule has 0 aliphatic carbocycles. The normalized spacial score (nSPS) is 10.7. The zero-order valence-electron chi connectivity index (χ0n) is 14.4. The van der Waals surface area contributed by atoms with Gasteiger partial charge in [-0.2, -0.15) is 4.98 Å². The van der Waals surface area contributed by atoms with E-state index in [-0.39, 0.29) is 11.6 Å². The molecule has 0 saturated heterocycles. The quantitative estimate of drug-likeness (QED) is 0.445. The van der Waals surface area contributed by atoms with Crippen molar-refractivity contribution in [2.45, 2.75) is 6.54 Å². The predicted molar refractivity (Wildman–Crippen MR) is 105 cm³/mol. The van der Waals surface area contributed by atoms with Crippen molar-refractivity contribution in [1.29, 1.82) is 0 Å². The van der Waals surface area contributed by atoms with E-state index >= 15 is 0 Å². The first-order chi connectivity index (χ1) is 13.2. The number of rotatable bonds is 5. The molecule has 5 nitrogen and oxygen atoms in total. The number of nitrogens with zero attached hydrogens (tertiary/aromatic N) is 2. The van der Waals surface area contributed by atoms with Crippen molar-refractivity contribution in [3.63, 3.8) is 0 Å². The minimum absolute atomic E-state index is 0.120. The third kappa shape index (κ3) is 3.79. The number of nitrogens with one attached hydrogen (secondary N) is 2. The van der Waals surface area contributed by atoms with E-state index in [1.807, 2.05) is 30.3 Å². The van der Waals surface area contributed by atoms with Crippen molar-refractivity contribution in [2.75, 3.05) is 10.6 Å². The summed E-state index contributed by atoms with van der Waals surface area (Å²) in [6, 6.07) is 20.9. The van der Waals surface area contributed by atoms with Gasteiger partial charge in [-0.05, 0) is 42.0 Å². The number of aromatic nitrogens is 2. The largest absolute Gasteiger partial charge is 0.506 e. The second-order valence-electron chi connectivity index (χ2n) is 6.04. The van der Waals surface area contributed by atoms with E-state index in [1.54, 1.807) is 30.3 Å². The molecule has 0 aliphatic heterocycles. The van der Waals surface area contributed by atoms with Gasteiger partial charge in [-0.25, -0.2) is 9.37 Å². The summed E-state index contributed by atoms with van der Waals surface area (Å²) in [5, 5.41) is 17.2. The first-order valence-electron chi connectivity index (χ1n) is 8.49. The van der Waals surface area contributed by atoms with Gasteiger partial charge in [-0.15, -0.1) is 0 Å². The van der Waals surface area contributed by atoms with Crippen LogP contribution in [-0.4, -0.2) is 15.1 Å². The Hall–Kier alpha value is -3.67. The number of phenolic OH excluding ortho intramolecular Hbond substituents is 1. The van der Waals surface area contributed by atoms with Gasteiger partial charge >= 0.3 is 0 Å². The van der Waals surface area contributed by atoms with E-state index in [0.29, 0.717) is 24.0 Å². The van der Waals surface area contributed by atoms with Crippen molar-refractivity contribution in [1.82, 2.24) is 9.97 Å². The Morgan fingerprint density at radius 2 is 1.59 bits per heavy atom. The molecule has 27 heavy (non-hydrogen) atoms. The maximum atomic E-state index is 13.1. The lowest BCUT2D eigenvalue weighted by Crippen LogP contribution is -2.06. The van der Waals surface area contributed by atoms with Gasteiger partial charge in [-0.1, -0.05) is 36.4 Å². The fraction of sp³-hybridized carbons (Fsp3) is 0.0476. The van der Waals surface area contributed by atoms with Crippen LogP contribution in [0.4, 0.5) is 21.8 Å². The number of para-hydroxylation sites is 3. The molecule has 0 atom stereocenters. The molecule has 0 fully saturated rings. The molecule has 0 aliphatic rings. The third-order valence-corrected chi connectivity index (χ3v) is 4.13. The van der Waals surface area contributed by atoms with Gasteiger partial charge in [0.1, 0.15) is 17.4 Å². The van der Waals surface area contributed by atoms with Crippen LogP contribution in [0.25, 0.3) is 10.9 Å². The van der Waals surface area contributed by atoms with Crippen molar-refractivity contribution in [3.8, 4) is 5.75 Å². The number of hydrogen-bond acceptors (Lipinski definition) is 5. The van der Waals surface area contributed by atoms with Crippen LogP contribution in [0.2, 0.25) is 0 Å². The summed E-state index contributed by atoms with van der Waals surface area (Å²) in [7, 11) is 0. The van der Waals surface area contributed by atoms with Gasteiger partial charge in [-0.3, -0.25) is 0 Å². The summed E-state index contributed by atoms with van der Waals surface area (Å²) in [4.78, 5) is 9.07. The molecule has 3 aromatic carbocycles. The van der Waals surface area contributed by atoms with E-state index in [9.17, 15) is 9.50 Å². The predicted octanol–water partition coefficient (Wildman–Crippen LogP) is 4.83. The Morgan fingerprint density at radius 1 is 0.852 bits per heavy atom. The Balaban J connectivity index is 1.66. The molecular formula is C21H17FN4O. The second-order valence-corrected chi connectivity index (χ2v) is 6.04. The molecule has 4 rings (SSSR count). The molecule has 0 spiro atoms. The van der Waals surface area contributed by atoms with Crippen LogP contribution in [0.1, 0.15) is 5.56 Å². The molecule has 0 amide bonds. The zero-order chi connectivity index (χ0) is 18.6. The number of phenols is 1. The van der Waals surface area contributed by atoms with Crippen LogP contribution in [-0.2, 0) is 6.54 Å². The van der Waals surface area contributed by atoms with Gasteiger partial charge in [0.15, 0.2) is 0 Å². The minimum Gasteiger partial charge on any atom is -0.506 e. The molecule has 1 aromatic heterocycles. The van der Waals surface area contributed by atoms with Gasteiger partial charge < -0.3 is 15.7 Å². The highest BCUT2D eigenvalue weighted by Gasteiger charge is 2.09. The van der Waals surface area contributed by atoms with Crippen molar-refractivity contribution >= 4 is 28.4 Å². The van der Waals surface area contributed by atoms with E-state index in [0.717, 1.165) is 16.5 Å². The molecule has 6 heteroatoms. The molecular weight excluding hydrogens is 343 g/mol. The fourth-order valence-electron chi connectivity index (χ4n) is 2.76. The van der Waals surface area contributed by atoms with Crippen LogP contribution in [0.3, 0.4) is 0 Å². The smallest absolute Gasteiger partial charge is 0.229 e. The van der Waals surface area contributed by atoms with E-state index < -0.39 is 0 Å². The summed E-state index contributed by atoms with van der Waals surface area (Å²) < 4.78 is 13.1. The number of aromatic hydroxyl groups is 1. The Bertz CT molecular complexity index is 1080. The van der Waals surface area contributed by atoms with Crippen LogP contribution in [0.5, 0.6) is 5.75 Å². The highest BCUT2D eigenvalue weighted by molar-refractivity contribution is 5.90. The minimum atomic E-state index is -0.264. The summed E-state index contributed by atoms with van der Waals surface area (Å²) in [6.07, 6.45) is 0. The Morgan fingerprint density at radius 3 is 2.41 bits per heavy atom. The summed E-state index contributed by atoms with van der Waals surface area (Å²) in [6.45, 7) is 0.497. The topological polar surface area (TPSA) is 70.1 Å². The average Bonchev–Trinajstić information content (AvgIpc) is 2.69. The van der Waals surface area contributed by atoms with Crippen molar-refractivity contribution < 1.29 is 9.50 Å². The molecule has 1 heterocycles. The maximum Gasteiger partial charge on any atom is 0.229 e. The summed E-state index contributed by atoms with van der Waals surface area (Å²) >= 11 is 0. The molecule has 0 saturated carbocycles. The fourth-order valence-corrected chi connectivity index (χ4v) is 2.76. The SMILES string of the molecule is Oc1ccccc1Nc1nc(NCc2ccc(F)cc2)c2ccccc2n1. The molecule has 134 valence electrons. The molecule has 0 radical (unpaired) electrons. The van der Waals surface area contributed by atoms with Gasteiger partial charge in [0.05, 0.1) is 11.2 Å². The number of fused-ring (bicyclic) bond motifs is 1. The van der Waals surface area contributed by atoms with Crippen LogP contribution in [0.15, 0.2) is 72.8 Å². The number of benzene rings is 3. The molecule has 0 unspecified atom stereocenters. The summed E-state index contributed by atoms with van der Waals surface area (Å²) in [5.74, 6) is 0.884. The highest BCUT2D eigenvalue weighted by atomic mass is 19.1. The molecule has 3 N–H and O–H groups in total. The average molecular weight is 360 g/mol. The molecule has 0 bridgehead atoms. The second kappa shape index (κ2) is 7.29. The van der Waals surface area contributed by atoms with Crippen LogP contribution >= 0.6 is 0 Å². The number of hydrogen-bond donors (Lipinski definition) is 3. The number of halogens is 1. The van der Waals surface area contributed by atoms with Crippen LogP contribution in [0, 0.1) is 5.82 Å². The monoisotopic (exact) mass is 360 g/mol. The lowest BCUT2D eigenvalue weighted by atomic mass is 10.2.